The van der Waals surface area contributed by atoms with Gasteiger partial charge < -0.3 is 9.47 Å². The number of rotatable bonds is 7. The molecule has 142 valence electrons. The van der Waals surface area contributed by atoms with Crippen molar-refractivity contribution in [2.75, 3.05) is 7.11 Å². The Bertz CT molecular complexity index is 951. The summed E-state index contributed by atoms with van der Waals surface area (Å²) in [5, 5.41) is 4.18. The normalized spacial score (nSPS) is 11.0. The number of methoxy groups -OCH3 is 1. The molecule has 1 amide bonds. The Morgan fingerprint density at radius 3 is 2.32 bits per heavy atom. The lowest BCUT2D eigenvalue weighted by Gasteiger charge is -2.07. The zero-order chi connectivity index (χ0) is 19.8. The van der Waals surface area contributed by atoms with Crippen molar-refractivity contribution >= 4 is 11.6 Å². The maximum atomic E-state index is 12.3. The third-order valence-electron chi connectivity index (χ3n) is 4.18. The first-order valence-corrected chi connectivity index (χ1v) is 8.91. The summed E-state index contributed by atoms with van der Waals surface area (Å²) in [6, 6.07) is 24.4. The van der Waals surface area contributed by atoms with Gasteiger partial charge in [0.25, 0.3) is 5.91 Å². The van der Waals surface area contributed by atoms with Crippen molar-refractivity contribution in [3.8, 4) is 11.5 Å². The van der Waals surface area contributed by atoms with E-state index in [9.17, 15) is 4.79 Å². The van der Waals surface area contributed by atoms with Crippen LogP contribution in [0.4, 0.5) is 0 Å². The number of carbonyl (C=O) groups excluding carboxylic acids is 1. The number of nitrogens with one attached hydrogen (secondary N) is 1. The van der Waals surface area contributed by atoms with Crippen LogP contribution < -0.4 is 14.9 Å². The molecule has 3 aromatic rings. The van der Waals surface area contributed by atoms with Gasteiger partial charge in [-0.05, 0) is 48.9 Å². The molecule has 0 heterocycles. The summed E-state index contributed by atoms with van der Waals surface area (Å²) >= 11 is 0. The molecular weight excluding hydrogens is 352 g/mol. The monoisotopic (exact) mass is 374 g/mol. The van der Waals surface area contributed by atoms with Gasteiger partial charge in [-0.15, -0.1) is 0 Å². The summed E-state index contributed by atoms with van der Waals surface area (Å²) in [5.74, 6) is 1.29. The fourth-order valence-corrected chi connectivity index (χ4v) is 2.55. The Hall–Kier alpha value is -3.60. The first-order chi connectivity index (χ1) is 13.7. The van der Waals surface area contributed by atoms with E-state index in [1.54, 1.807) is 19.2 Å². The van der Waals surface area contributed by atoms with Gasteiger partial charge >= 0.3 is 0 Å². The average Bonchev–Trinajstić information content (AvgIpc) is 2.77. The van der Waals surface area contributed by atoms with E-state index in [-0.39, 0.29) is 5.91 Å². The number of ether oxygens (including phenoxy) is 2. The predicted molar refractivity (Wildman–Crippen MR) is 110 cm³/mol. The van der Waals surface area contributed by atoms with E-state index >= 15 is 0 Å². The Morgan fingerprint density at radius 1 is 0.893 bits per heavy atom. The van der Waals surface area contributed by atoms with Gasteiger partial charge in [0.15, 0.2) is 0 Å². The van der Waals surface area contributed by atoms with Gasteiger partial charge in [-0.2, -0.15) is 5.10 Å². The van der Waals surface area contributed by atoms with E-state index in [1.165, 1.54) is 0 Å². The third kappa shape index (κ3) is 5.20. The predicted octanol–water partition coefficient (Wildman–Crippen LogP) is 4.43. The van der Waals surface area contributed by atoms with Crippen LogP contribution >= 0.6 is 0 Å². The number of hydrogen-bond acceptors (Lipinski definition) is 4. The highest BCUT2D eigenvalue weighted by molar-refractivity contribution is 6.01. The summed E-state index contributed by atoms with van der Waals surface area (Å²) in [5.41, 5.74) is 5.68. The molecule has 3 rings (SSSR count). The van der Waals surface area contributed by atoms with Crippen LogP contribution in [0.25, 0.3) is 0 Å². The molecule has 3 aromatic carbocycles. The molecule has 0 aromatic heterocycles. The summed E-state index contributed by atoms with van der Waals surface area (Å²) in [6.07, 6.45) is 0. The maximum absolute atomic E-state index is 12.3. The Balaban J connectivity index is 1.58. The molecular formula is C23H22N2O3. The van der Waals surface area contributed by atoms with Crippen molar-refractivity contribution in [2.45, 2.75) is 13.5 Å². The quantitative estimate of drug-likeness (QED) is 0.492. The zero-order valence-corrected chi connectivity index (χ0v) is 15.9. The van der Waals surface area contributed by atoms with Gasteiger partial charge in [0.2, 0.25) is 0 Å². The molecule has 0 saturated heterocycles. The SMILES string of the molecule is COc1cccc(/C(C)=N/NC(=O)c2ccc(COc3ccccc3)cc2)c1. The van der Waals surface area contributed by atoms with Gasteiger partial charge in [-0.25, -0.2) is 5.43 Å². The molecule has 5 heteroatoms. The van der Waals surface area contributed by atoms with Crippen LogP contribution in [0.1, 0.15) is 28.4 Å². The van der Waals surface area contributed by atoms with E-state index in [0.29, 0.717) is 17.9 Å². The average molecular weight is 374 g/mol. The number of para-hydroxylation sites is 1. The molecule has 0 radical (unpaired) electrons. The number of hydrazone groups is 1. The van der Waals surface area contributed by atoms with E-state index in [4.69, 9.17) is 9.47 Å². The lowest BCUT2D eigenvalue weighted by Crippen LogP contribution is -2.19. The minimum absolute atomic E-state index is 0.266. The van der Waals surface area contributed by atoms with Crippen LogP contribution in [0.3, 0.4) is 0 Å². The lowest BCUT2D eigenvalue weighted by atomic mass is 10.1. The summed E-state index contributed by atoms with van der Waals surface area (Å²) in [7, 11) is 1.61. The van der Waals surface area contributed by atoms with Crippen LogP contribution in [0.2, 0.25) is 0 Å². The highest BCUT2D eigenvalue weighted by atomic mass is 16.5. The van der Waals surface area contributed by atoms with Gasteiger partial charge in [0, 0.05) is 11.1 Å². The highest BCUT2D eigenvalue weighted by Gasteiger charge is 2.06. The van der Waals surface area contributed by atoms with Crippen molar-refractivity contribution in [2.24, 2.45) is 5.10 Å². The maximum Gasteiger partial charge on any atom is 0.271 e. The Kier molecular flexibility index (Phi) is 6.41. The Labute approximate surface area is 164 Å². The standard InChI is InChI=1S/C23H22N2O3/c1-17(20-7-6-10-22(15-20)27-2)24-25-23(26)19-13-11-18(12-14-19)16-28-21-8-4-3-5-9-21/h3-15H,16H2,1-2H3,(H,25,26)/b24-17+. The summed E-state index contributed by atoms with van der Waals surface area (Å²) in [4.78, 5) is 12.3. The van der Waals surface area contributed by atoms with Gasteiger partial charge in [-0.1, -0.05) is 42.5 Å². The van der Waals surface area contributed by atoms with Gasteiger partial charge in [0.05, 0.1) is 12.8 Å². The first kappa shape index (κ1) is 19.2. The van der Waals surface area contributed by atoms with Crippen LogP contribution in [0.15, 0.2) is 84.0 Å². The van der Waals surface area contributed by atoms with E-state index in [0.717, 1.165) is 22.6 Å². The number of hydrogen-bond donors (Lipinski definition) is 1. The summed E-state index contributed by atoms with van der Waals surface area (Å²) in [6.45, 7) is 2.28. The van der Waals surface area contributed by atoms with Crippen LogP contribution in [-0.4, -0.2) is 18.7 Å². The second kappa shape index (κ2) is 9.37. The second-order valence-electron chi connectivity index (χ2n) is 6.17. The molecule has 0 aliphatic carbocycles. The summed E-state index contributed by atoms with van der Waals surface area (Å²) < 4.78 is 10.9. The largest absolute Gasteiger partial charge is 0.497 e. The third-order valence-corrected chi connectivity index (χ3v) is 4.18. The number of benzene rings is 3. The molecule has 0 saturated carbocycles. The van der Waals surface area contributed by atoms with Crippen molar-refractivity contribution in [3.05, 3.63) is 95.6 Å². The molecule has 0 aliphatic heterocycles. The number of amides is 1. The van der Waals surface area contributed by atoms with Gasteiger partial charge in [0.1, 0.15) is 18.1 Å². The fourth-order valence-electron chi connectivity index (χ4n) is 2.55. The molecule has 0 aliphatic rings. The molecule has 1 N–H and O–H groups in total. The topological polar surface area (TPSA) is 59.9 Å². The molecule has 5 nitrogen and oxygen atoms in total. The van der Waals surface area contributed by atoms with Crippen LogP contribution in [-0.2, 0) is 6.61 Å². The van der Waals surface area contributed by atoms with Crippen LogP contribution in [0, 0.1) is 0 Å². The minimum atomic E-state index is -0.266. The van der Waals surface area contributed by atoms with E-state index < -0.39 is 0 Å². The zero-order valence-electron chi connectivity index (χ0n) is 15.9. The second-order valence-corrected chi connectivity index (χ2v) is 6.17. The minimum Gasteiger partial charge on any atom is -0.497 e. The first-order valence-electron chi connectivity index (χ1n) is 8.91. The van der Waals surface area contributed by atoms with Gasteiger partial charge in [-0.3, -0.25) is 4.79 Å². The molecule has 0 spiro atoms. The van der Waals surface area contributed by atoms with Crippen molar-refractivity contribution in [1.82, 2.24) is 5.43 Å². The molecule has 0 unspecified atom stereocenters. The highest BCUT2D eigenvalue weighted by Crippen LogP contribution is 2.14. The van der Waals surface area contributed by atoms with Crippen molar-refractivity contribution in [3.63, 3.8) is 0 Å². The molecule has 28 heavy (non-hydrogen) atoms. The number of nitrogens with zero attached hydrogens (tertiary/aromatic N) is 1. The fraction of sp³-hybridized carbons (Fsp3) is 0.130. The van der Waals surface area contributed by atoms with Crippen molar-refractivity contribution in [1.29, 1.82) is 0 Å². The van der Waals surface area contributed by atoms with E-state index in [2.05, 4.69) is 10.5 Å². The Morgan fingerprint density at radius 2 is 1.61 bits per heavy atom. The number of carbonyl (C=O) groups is 1. The van der Waals surface area contributed by atoms with E-state index in [1.807, 2.05) is 73.7 Å². The smallest absolute Gasteiger partial charge is 0.271 e. The molecule has 0 bridgehead atoms. The van der Waals surface area contributed by atoms with Crippen LogP contribution in [0.5, 0.6) is 11.5 Å². The lowest BCUT2D eigenvalue weighted by molar-refractivity contribution is 0.0955. The molecule has 0 atom stereocenters. The van der Waals surface area contributed by atoms with Crippen molar-refractivity contribution < 1.29 is 14.3 Å². The molecule has 0 fully saturated rings.